The van der Waals surface area contributed by atoms with Gasteiger partial charge >= 0.3 is 0 Å². The van der Waals surface area contributed by atoms with Crippen molar-refractivity contribution in [3.8, 4) is 22.7 Å². The van der Waals surface area contributed by atoms with Gasteiger partial charge in [0.2, 0.25) is 0 Å². The number of amides is 1. The van der Waals surface area contributed by atoms with Crippen LogP contribution in [-0.2, 0) is 0 Å². The lowest BCUT2D eigenvalue weighted by molar-refractivity contribution is 0.0946. The number of methoxy groups -OCH3 is 1. The standard InChI is InChI=1S/C21H23N3O2/c1-4-12-22-21(25)20-14-19(16-8-10-18(26-3)11-9-16)23-24(20)17-7-5-6-15(2)13-17/h5-11,13-14H,4,12H2,1-3H3,(H,22,25). The second-order valence-corrected chi connectivity index (χ2v) is 6.15. The number of nitrogens with zero attached hydrogens (tertiary/aromatic N) is 2. The largest absolute Gasteiger partial charge is 0.497 e. The number of aromatic nitrogens is 2. The summed E-state index contributed by atoms with van der Waals surface area (Å²) in [5.74, 6) is 0.661. The fourth-order valence-corrected chi connectivity index (χ4v) is 2.73. The third-order valence-corrected chi connectivity index (χ3v) is 4.11. The minimum absolute atomic E-state index is 0.124. The summed E-state index contributed by atoms with van der Waals surface area (Å²) >= 11 is 0. The van der Waals surface area contributed by atoms with Crippen LogP contribution in [0.3, 0.4) is 0 Å². The first-order chi connectivity index (χ1) is 12.6. The van der Waals surface area contributed by atoms with E-state index >= 15 is 0 Å². The normalized spacial score (nSPS) is 10.6. The van der Waals surface area contributed by atoms with E-state index in [1.807, 2.05) is 68.4 Å². The molecule has 0 radical (unpaired) electrons. The fourth-order valence-electron chi connectivity index (χ4n) is 2.73. The van der Waals surface area contributed by atoms with Crippen LogP contribution in [0.25, 0.3) is 16.9 Å². The van der Waals surface area contributed by atoms with Crippen LogP contribution in [0.2, 0.25) is 0 Å². The Labute approximate surface area is 153 Å². The zero-order valence-corrected chi connectivity index (χ0v) is 15.3. The number of nitrogens with one attached hydrogen (secondary N) is 1. The molecule has 3 aromatic rings. The molecule has 134 valence electrons. The van der Waals surface area contributed by atoms with Gasteiger partial charge in [0.15, 0.2) is 0 Å². The second-order valence-electron chi connectivity index (χ2n) is 6.15. The number of aryl methyl sites for hydroxylation is 1. The molecule has 0 bridgehead atoms. The highest BCUT2D eigenvalue weighted by atomic mass is 16.5. The number of carbonyl (C=O) groups excluding carboxylic acids is 1. The molecule has 0 aliphatic rings. The minimum Gasteiger partial charge on any atom is -0.497 e. The summed E-state index contributed by atoms with van der Waals surface area (Å²) in [5.41, 5.74) is 4.18. The summed E-state index contributed by atoms with van der Waals surface area (Å²) in [6, 6.07) is 17.4. The summed E-state index contributed by atoms with van der Waals surface area (Å²) in [4.78, 5) is 12.6. The van der Waals surface area contributed by atoms with Gasteiger partial charge in [-0.15, -0.1) is 0 Å². The molecule has 0 saturated heterocycles. The molecule has 1 N–H and O–H groups in total. The highest BCUT2D eigenvalue weighted by molar-refractivity contribution is 5.94. The molecule has 5 nitrogen and oxygen atoms in total. The number of rotatable bonds is 6. The van der Waals surface area contributed by atoms with Crippen molar-refractivity contribution >= 4 is 5.91 Å². The fraction of sp³-hybridized carbons (Fsp3) is 0.238. The molecule has 0 fully saturated rings. The van der Waals surface area contributed by atoms with Crippen molar-refractivity contribution in [3.05, 3.63) is 65.9 Å². The van der Waals surface area contributed by atoms with Crippen LogP contribution < -0.4 is 10.1 Å². The lowest BCUT2D eigenvalue weighted by atomic mass is 10.1. The maximum atomic E-state index is 12.6. The van der Waals surface area contributed by atoms with Crippen molar-refractivity contribution in [2.45, 2.75) is 20.3 Å². The lowest BCUT2D eigenvalue weighted by Gasteiger charge is -2.08. The molecule has 2 aromatic carbocycles. The van der Waals surface area contributed by atoms with E-state index in [-0.39, 0.29) is 5.91 Å². The highest BCUT2D eigenvalue weighted by Gasteiger charge is 2.17. The van der Waals surface area contributed by atoms with Crippen LogP contribution in [0, 0.1) is 6.92 Å². The molecule has 1 aromatic heterocycles. The topological polar surface area (TPSA) is 56.1 Å². The van der Waals surface area contributed by atoms with Gasteiger partial charge in [0.05, 0.1) is 18.5 Å². The summed E-state index contributed by atoms with van der Waals surface area (Å²) in [5, 5.41) is 7.63. The second kappa shape index (κ2) is 7.87. The van der Waals surface area contributed by atoms with E-state index in [4.69, 9.17) is 9.84 Å². The highest BCUT2D eigenvalue weighted by Crippen LogP contribution is 2.24. The molecular formula is C21H23N3O2. The van der Waals surface area contributed by atoms with Crippen LogP contribution >= 0.6 is 0 Å². The maximum Gasteiger partial charge on any atom is 0.270 e. The Hall–Kier alpha value is -3.08. The molecule has 0 aliphatic heterocycles. The zero-order chi connectivity index (χ0) is 18.5. The van der Waals surface area contributed by atoms with Crippen LogP contribution in [0.1, 0.15) is 29.4 Å². The average molecular weight is 349 g/mol. The third kappa shape index (κ3) is 3.77. The van der Waals surface area contributed by atoms with Gasteiger partial charge in [-0.2, -0.15) is 5.10 Å². The minimum atomic E-state index is -0.124. The molecule has 26 heavy (non-hydrogen) atoms. The maximum absolute atomic E-state index is 12.6. The molecule has 0 spiro atoms. The van der Waals surface area contributed by atoms with Crippen molar-refractivity contribution in [1.29, 1.82) is 0 Å². The van der Waals surface area contributed by atoms with Gasteiger partial charge in [0.25, 0.3) is 5.91 Å². The predicted octanol–water partition coefficient (Wildman–Crippen LogP) is 4.00. The first kappa shape index (κ1) is 17.7. The number of hydrogen-bond donors (Lipinski definition) is 1. The SMILES string of the molecule is CCCNC(=O)c1cc(-c2ccc(OC)cc2)nn1-c1cccc(C)c1. The van der Waals surface area contributed by atoms with E-state index in [1.165, 1.54) is 0 Å². The molecular weight excluding hydrogens is 326 g/mol. The average Bonchev–Trinajstić information content (AvgIpc) is 3.12. The van der Waals surface area contributed by atoms with Gasteiger partial charge in [0, 0.05) is 12.1 Å². The molecule has 5 heteroatoms. The van der Waals surface area contributed by atoms with Gasteiger partial charge in [-0.3, -0.25) is 4.79 Å². The van der Waals surface area contributed by atoms with Crippen LogP contribution in [0.4, 0.5) is 0 Å². The van der Waals surface area contributed by atoms with Crippen LogP contribution in [0.15, 0.2) is 54.6 Å². The smallest absolute Gasteiger partial charge is 0.270 e. The van der Waals surface area contributed by atoms with Crippen LogP contribution in [-0.4, -0.2) is 29.3 Å². The van der Waals surface area contributed by atoms with E-state index in [0.29, 0.717) is 12.2 Å². The van der Waals surface area contributed by atoms with Crippen molar-refractivity contribution in [2.24, 2.45) is 0 Å². The summed E-state index contributed by atoms with van der Waals surface area (Å²) in [6.45, 7) is 4.69. The summed E-state index contributed by atoms with van der Waals surface area (Å²) < 4.78 is 6.92. The molecule has 0 saturated carbocycles. The Kier molecular flexibility index (Phi) is 5.37. The van der Waals surface area contributed by atoms with E-state index in [1.54, 1.807) is 11.8 Å². The van der Waals surface area contributed by atoms with Crippen molar-refractivity contribution < 1.29 is 9.53 Å². The molecule has 1 heterocycles. The number of benzene rings is 2. The van der Waals surface area contributed by atoms with Gasteiger partial charge in [-0.1, -0.05) is 19.1 Å². The van der Waals surface area contributed by atoms with E-state index in [9.17, 15) is 4.79 Å². The zero-order valence-electron chi connectivity index (χ0n) is 15.3. The Morgan fingerprint density at radius 1 is 1.15 bits per heavy atom. The van der Waals surface area contributed by atoms with Gasteiger partial charge in [-0.25, -0.2) is 4.68 Å². The molecule has 0 atom stereocenters. The first-order valence-electron chi connectivity index (χ1n) is 8.72. The quantitative estimate of drug-likeness (QED) is 0.732. The van der Waals surface area contributed by atoms with Crippen molar-refractivity contribution in [2.75, 3.05) is 13.7 Å². The Bertz CT molecular complexity index is 898. The van der Waals surface area contributed by atoms with Crippen LogP contribution in [0.5, 0.6) is 5.75 Å². The Morgan fingerprint density at radius 3 is 2.58 bits per heavy atom. The number of carbonyl (C=O) groups is 1. The van der Waals surface area contributed by atoms with E-state index < -0.39 is 0 Å². The van der Waals surface area contributed by atoms with Gasteiger partial charge in [0.1, 0.15) is 11.4 Å². The molecule has 0 aliphatic carbocycles. The third-order valence-electron chi connectivity index (χ3n) is 4.11. The predicted molar refractivity (Wildman–Crippen MR) is 103 cm³/mol. The van der Waals surface area contributed by atoms with Crippen molar-refractivity contribution in [3.63, 3.8) is 0 Å². The monoisotopic (exact) mass is 349 g/mol. The number of hydrogen-bond acceptors (Lipinski definition) is 3. The summed E-state index contributed by atoms with van der Waals surface area (Å²) in [7, 11) is 1.64. The van der Waals surface area contributed by atoms with E-state index in [2.05, 4.69) is 5.32 Å². The van der Waals surface area contributed by atoms with Gasteiger partial charge in [-0.05, 0) is 61.4 Å². The molecule has 1 amide bonds. The lowest BCUT2D eigenvalue weighted by Crippen LogP contribution is -2.26. The van der Waals surface area contributed by atoms with E-state index in [0.717, 1.165) is 34.7 Å². The molecule has 3 rings (SSSR count). The summed E-state index contributed by atoms with van der Waals surface area (Å²) in [6.07, 6.45) is 0.885. The Balaban J connectivity index is 2.05. The van der Waals surface area contributed by atoms with Crippen molar-refractivity contribution in [1.82, 2.24) is 15.1 Å². The van der Waals surface area contributed by atoms with Gasteiger partial charge < -0.3 is 10.1 Å². The Morgan fingerprint density at radius 2 is 1.92 bits per heavy atom. The number of ether oxygens (including phenoxy) is 1. The molecule has 0 unspecified atom stereocenters. The first-order valence-corrected chi connectivity index (χ1v) is 8.72.